The average molecular weight is 1060 g/mol. The largest absolute Gasteiger partial charge is 0.462 e. The second-order valence-electron chi connectivity index (χ2n) is 20.2. The zero-order valence-electron chi connectivity index (χ0n) is 49.7. The second-order valence-corrected chi connectivity index (χ2v) is 20.2. The maximum absolute atomic E-state index is 12.9. The predicted molar refractivity (Wildman–Crippen MR) is 334 cm³/mol. The summed E-state index contributed by atoms with van der Waals surface area (Å²) in [6, 6.07) is 0. The summed E-state index contributed by atoms with van der Waals surface area (Å²) in [6.07, 6.45) is 91.4. The minimum atomic E-state index is -0.812. The van der Waals surface area contributed by atoms with E-state index in [-0.39, 0.29) is 37.5 Å². The van der Waals surface area contributed by atoms with Crippen molar-refractivity contribution < 1.29 is 28.6 Å². The van der Waals surface area contributed by atoms with Gasteiger partial charge >= 0.3 is 17.9 Å². The van der Waals surface area contributed by atoms with E-state index in [1.54, 1.807) is 0 Å². The smallest absolute Gasteiger partial charge is 0.306 e. The molecule has 0 aromatic heterocycles. The van der Waals surface area contributed by atoms with Crippen LogP contribution in [-0.4, -0.2) is 37.2 Å². The van der Waals surface area contributed by atoms with Crippen molar-refractivity contribution in [3.8, 4) is 0 Å². The quantitative estimate of drug-likeness (QED) is 0.0261. The molecular formula is C71H114O6. The third kappa shape index (κ3) is 62.0. The van der Waals surface area contributed by atoms with Gasteiger partial charge in [-0.3, -0.25) is 14.4 Å². The van der Waals surface area contributed by atoms with Gasteiger partial charge in [-0.15, -0.1) is 0 Å². The van der Waals surface area contributed by atoms with E-state index in [4.69, 9.17) is 14.2 Å². The monoisotopic (exact) mass is 1060 g/mol. The average Bonchev–Trinajstić information content (AvgIpc) is 3.43. The first kappa shape index (κ1) is 72.3. The number of carbonyl (C=O) groups excluding carboxylic acids is 3. The van der Waals surface area contributed by atoms with Crippen molar-refractivity contribution in [3.63, 3.8) is 0 Å². The van der Waals surface area contributed by atoms with Crippen molar-refractivity contribution in [2.45, 2.75) is 271 Å². The van der Waals surface area contributed by atoms with Crippen LogP contribution >= 0.6 is 0 Å². The van der Waals surface area contributed by atoms with Crippen molar-refractivity contribution in [3.05, 3.63) is 146 Å². The first-order valence-electron chi connectivity index (χ1n) is 31.3. The number of allylic oxidation sites excluding steroid dienone is 24. The van der Waals surface area contributed by atoms with E-state index in [0.29, 0.717) is 19.3 Å². The predicted octanol–water partition coefficient (Wildman–Crippen LogP) is 21.5. The van der Waals surface area contributed by atoms with E-state index in [2.05, 4.69) is 167 Å². The van der Waals surface area contributed by atoms with E-state index in [1.165, 1.54) is 89.9 Å². The van der Waals surface area contributed by atoms with Crippen LogP contribution in [0.15, 0.2) is 146 Å². The molecule has 0 aliphatic rings. The molecule has 0 bridgehead atoms. The molecule has 6 nitrogen and oxygen atoms in total. The highest BCUT2D eigenvalue weighted by Gasteiger charge is 2.19. The maximum atomic E-state index is 12.9. The fourth-order valence-corrected chi connectivity index (χ4v) is 8.22. The molecule has 0 aliphatic carbocycles. The van der Waals surface area contributed by atoms with Crippen LogP contribution in [0.3, 0.4) is 0 Å². The van der Waals surface area contributed by atoms with Crippen molar-refractivity contribution in [2.24, 2.45) is 0 Å². The number of ether oxygens (including phenoxy) is 3. The number of unbranched alkanes of at least 4 members (excludes halogenated alkanes) is 20. The molecule has 0 saturated heterocycles. The molecule has 0 aromatic rings. The zero-order valence-corrected chi connectivity index (χ0v) is 49.7. The maximum Gasteiger partial charge on any atom is 0.306 e. The van der Waals surface area contributed by atoms with Crippen LogP contribution in [0.1, 0.15) is 265 Å². The number of carbonyl (C=O) groups is 3. The zero-order chi connectivity index (χ0) is 55.7. The highest BCUT2D eigenvalue weighted by atomic mass is 16.6. The summed E-state index contributed by atoms with van der Waals surface area (Å²) in [7, 11) is 0. The van der Waals surface area contributed by atoms with E-state index in [9.17, 15) is 14.4 Å². The molecule has 0 heterocycles. The topological polar surface area (TPSA) is 78.9 Å². The van der Waals surface area contributed by atoms with Gasteiger partial charge in [-0.1, -0.05) is 276 Å². The standard InChI is InChI=1S/C71H114O6/c1-4-7-10-13-16-19-22-25-27-29-30-31-32-33-34-35-36-37-38-39-40-42-43-46-49-52-55-58-61-64-70(73)76-67-68(66-75-69(72)63-60-57-54-51-48-45-24-21-18-15-12-9-6-3)77-71(74)65-62-59-56-53-50-47-44-41-28-26-23-20-17-14-11-8-5-2/h7-8,10-11,16-17,19-20,25-28,30-31,33-34,36-37,39-40,43,46,52,55,68H,4-6,9,12-15,18,21-24,29,32,35,38,41-42,44-45,47-51,53-54,56-67H2,1-3H3/b10-7-,11-8-,19-16-,20-17-,27-25-,28-26-,31-30-,34-33-,37-36-,40-39-,46-43-,55-52-. The molecule has 0 rings (SSSR count). The Morgan fingerprint density at radius 3 is 0.844 bits per heavy atom. The lowest BCUT2D eigenvalue weighted by Crippen LogP contribution is -2.30. The van der Waals surface area contributed by atoms with Crippen LogP contribution in [-0.2, 0) is 28.6 Å². The van der Waals surface area contributed by atoms with E-state index in [0.717, 1.165) is 128 Å². The Morgan fingerprint density at radius 2 is 0.519 bits per heavy atom. The van der Waals surface area contributed by atoms with Gasteiger partial charge in [0.1, 0.15) is 13.2 Å². The van der Waals surface area contributed by atoms with Crippen LogP contribution in [0.25, 0.3) is 0 Å². The first-order valence-corrected chi connectivity index (χ1v) is 31.3. The van der Waals surface area contributed by atoms with E-state index < -0.39 is 6.10 Å². The molecule has 0 amide bonds. The highest BCUT2D eigenvalue weighted by Crippen LogP contribution is 2.15. The van der Waals surface area contributed by atoms with E-state index >= 15 is 0 Å². The third-order valence-electron chi connectivity index (χ3n) is 12.8. The lowest BCUT2D eigenvalue weighted by Gasteiger charge is -2.18. The first-order chi connectivity index (χ1) is 38.0. The summed E-state index contributed by atoms with van der Waals surface area (Å²) in [5.41, 5.74) is 0. The van der Waals surface area contributed by atoms with Gasteiger partial charge in [0.2, 0.25) is 0 Å². The van der Waals surface area contributed by atoms with Crippen molar-refractivity contribution in [1.29, 1.82) is 0 Å². The summed E-state index contributed by atoms with van der Waals surface area (Å²) in [6.45, 7) is 6.36. The summed E-state index contributed by atoms with van der Waals surface area (Å²) in [5.74, 6) is -0.976. The Morgan fingerprint density at radius 1 is 0.273 bits per heavy atom. The van der Waals surface area contributed by atoms with Crippen LogP contribution in [0.5, 0.6) is 0 Å². The molecule has 0 saturated carbocycles. The van der Waals surface area contributed by atoms with Gasteiger partial charge in [-0.2, -0.15) is 0 Å². The highest BCUT2D eigenvalue weighted by molar-refractivity contribution is 5.71. The normalized spacial score (nSPS) is 13.1. The molecule has 0 aliphatic heterocycles. The molecule has 0 aromatic carbocycles. The fourth-order valence-electron chi connectivity index (χ4n) is 8.22. The lowest BCUT2D eigenvalue weighted by atomic mass is 10.0. The van der Waals surface area contributed by atoms with Gasteiger partial charge in [-0.25, -0.2) is 0 Å². The van der Waals surface area contributed by atoms with Gasteiger partial charge in [-0.05, 0) is 116 Å². The third-order valence-corrected chi connectivity index (χ3v) is 12.8. The van der Waals surface area contributed by atoms with Gasteiger partial charge in [0.25, 0.3) is 0 Å². The molecule has 434 valence electrons. The Labute approximate surface area is 474 Å². The number of hydrogen-bond donors (Lipinski definition) is 0. The Hall–Kier alpha value is -4.71. The summed E-state index contributed by atoms with van der Waals surface area (Å²) < 4.78 is 16.8. The van der Waals surface area contributed by atoms with Gasteiger partial charge in [0.15, 0.2) is 6.10 Å². The Kier molecular flexibility index (Phi) is 59.9. The molecule has 1 unspecified atom stereocenters. The van der Waals surface area contributed by atoms with Crippen molar-refractivity contribution in [2.75, 3.05) is 13.2 Å². The molecule has 0 spiro atoms. The second kappa shape index (κ2) is 63.8. The van der Waals surface area contributed by atoms with Gasteiger partial charge in [0, 0.05) is 19.3 Å². The van der Waals surface area contributed by atoms with Crippen LogP contribution in [0, 0.1) is 0 Å². The molecule has 1 atom stereocenters. The van der Waals surface area contributed by atoms with Crippen LogP contribution in [0.2, 0.25) is 0 Å². The van der Waals surface area contributed by atoms with E-state index in [1.807, 2.05) is 0 Å². The van der Waals surface area contributed by atoms with Crippen LogP contribution in [0.4, 0.5) is 0 Å². The SMILES string of the molecule is CC/C=C\C/C=C\C/C=C\C/C=C\C/C=C\C/C=C\C/C=C\C/C=C\C/C=C\CCCC(=O)OCC(COC(=O)CCCCCCCCCCCCCCC)OC(=O)CCCCCCCCC/C=C\C/C=C\C/C=C\CC. The van der Waals surface area contributed by atoms with Gasteiger partial charge < -0.3 is 14.2 Å². The number of hydrogen-bond acceptors (Lipinski definition) is 6. The number of esters is 3. The summed E-state index contributed by atoms with van der Waals surface area (Å²) in [4.78, 5) is 38.2. The molecule has 6 heteroatoms. The van der Waals surface area contributed by atoms with Crippen molar-refractivity contribution in [1.82, 2.24) is 0 Å². The molecule has 0 N–H and O–H groups in total. The van der Waals surface area contributed by atoms with Crippen molar-refractivity contribution >= 4 is 17.9 Å². The molecular weight excluding hydrogens is 949 g/mol. The Balaban J connectivity index is 4.45. The molecule has 77 heavy (non-hydrogen) atoms. The molecule has 0 radical (unpaired) electrons. The fraction of sp³-hybridized carbons (Fsp3) is 0.620. The summed E-state index contributed by atoms with van der Waals surface area (Å²) >= 11 is 0. The number of rotatable bonds is 55. The minimum Gasteiger partial charge on any atom is -0.462 e. The molecule has 0 fully saturated rings. The lowest BCUT2D eigenvalue weighted by molar-refractivity contribution is -0.167. The van der Waals surface area contributed by atoms with Crippen LogP contribution < -0.4 is 0 Å². The van der Waals surface area contributed by atoms with Gasteiger partial charge in [0.05, 0.1) is 0 Å². The summed E-state index contributed by atoms with van der Waals surface area (Å²) in [5, 5.41) is 0. The Bertz CT molecular complexity index is 1700. The minimum absolute atomic E-state index is 0.103.